The number of likely N-dealkylation sites (tertiary alicyclic amines) is 1. The maximum atomic E-state index is 12.9. The predicted octanol–water partition coefficient (Wildman–Crippen LogP) is 1.87. The molecule has 1 N–H and O–H groups in total. The lowest BCUT2D eigenvalue weighted by Crippen LogP contribution is -2.30. The van der Waals surface area contributed by atoms with E-state index in [1.807, 2.05) is 12.1 Å². The van der Waals surface area contributed by atoms with Gasteiger partial charge in [0.15, 0.2) is 0 Å². The number of nitrogens with zero attached hydrogens (tertiary/aromatic N) is 2. The normalized spacial score (nSPS) is 18.1. The van der Waals surface area contributed by atoms with Gasteiger partial charge in [-0.2, -0.15) is 0 Å². The zero-order chi connectivity index (χ0) is 17.3. The molecule has 3 rings (SSSR count). The maximum absolute atomic E-state index is 12.9. The van der Waals surface area contributed by atoms with E-state index >= 15 is 0 Å². The van der Waals surface area contributed by atoms with Crippen LogP contribution in [0.5, 0.6) is 0 Å². The fraction of sp³-hybridized carbons (Fsp3) is 0.375. The molecule has 1 saturated heterocycles. The van der Waals surface area contributed by atoms with Crippen LogP contribution in [0.15, 0.2) is 40.1 Å². The Bertz CT molecular complexity index is 845. The molecule has 24 heavy (non-hydrogen) atoms. The smallest absolute Gasteiger partial charge is 0.273 e. The van der Waals surface area contributed by atoms with Gasteiger partial charge in [-0.05, 0) is 44.5 Å². The van der Waals surface area contributed by atoms with E-state index in [4.69, 9.17) is 4.42 Å². The summed E-state index contributed by atoms with van der Waals surface area (Å²) in [6.45, 7) is 2.23. The summed E-state index contributed by atoms with van der Waals surface area (Å²) in [6.07, 6.45) is 5.18. The Morgan fingerprint density at radius 1 is 1.38 bits per heavy atom. The van der Waals surface area contributed by atoms with Crippen molar-refractivity contribution in [3.63, 3.8) is 0 Å². The third-order valence-electron chi connectivity index (χ3n) is 4.26. The number of sulfonamides is 1. The number of carbonyl (C=O) groups is 1. The van der Waals surface area contributed by atoms with E-state index in [1.165, 1.54) is 13.1 Å². The molecule has 0 bridgehead atoms. The Balaban J connectivity index is 1.92. The number of aromatic nitrogens is 1. The maximum Gasteiger partial charge on any atom is 0.273 e. The number of aryl methyl sites for hydroxylation is 1. The summed E-state index contributed by atoms with van der Waals surface area (Å²) >= 11 is 0. The third-order valence-corrected chi connectivity index (χ3v) is 5.53. The van der Waals surface area contributed by atoms with Crippen molar-refractivity contribution in [1.29, 1.82) is 0 Å². The SMILES string of the molecule is CNS(=O)(=O)c1cc(C(=O)N2CCCC2c2ccncc2)c(C)o1. The molecule has 1 amide bonds. The van der Waals surface area contributed by atoms with Gasteiger partial charge in [0.05, 0.1) is 11.6 Å². The van der Waals surface area contributed by atoms with Gasteiger partial charge >= 0.3 is 0 Å². The molecule has 2 aromatic heterocycles. The molecule has 0 spiro atoms. The van der Waals surface area contributed by atoms with E-state index in [1.54, 1.807) is 24.2 Å². The molecule has 1 aliphatic rings. The average Bonchev–Trinajstić information content (AvgIpc) is 3.22. The number of nitrogens with one attached hydrogen (secondary N) is 1. The first kappa shape index (κ1) is 16.7. The summed E-state index contributed by atoms with van der Waals surface area (Å²) in [5, 5.41) is -0.245. The van der Waals surface area contributed by atoms with Crippen LogP contribution in [-0.2, 0) is 10.0 Å². The zero-order valence-electron chi connectivity index (χ0n) is 13.5. The average molecular weight is 349 g/mol. The molecule has 0 aliphatic carbocycles. The molecule has 1 atom stereocenters. The van der Waals surface area contributed by atoms with Gasteiger partial charge in [0, 0.05) is 25.0 Å². The summed E-state index contributed by atoms with van der Waals surface area (Å²) in [7, 11) is -2.42. The van der Waals surface area contributed by atoms with E-state index in [0.717, 1.165) is 18.4 Å². The summed E-state index contributed by atoms with van der Waals surface area (Å²) in [6, 6.07) is 5.06. The number of pyridine rings is 1. The number of amides is 1. The van der Waals surface area contributed by atoms with E-state index in [9.17, 15) is 13.2 Å². The van der Waals surface area contributed by atoms with E-state index in [2.05, 4.69) is 9.71 Å². The molecule has 1 aliphatic heterocycles. The topological polar surface area (TPSA) is 92.5 Å². The van der Waals surface area contributed by atoms with Crippen LogP contribution in [0, 0.1) is 6.92 Å². The molecule has 0 saturated carbocycles. The van der Waals surface area contributed by atoms with Crippen molar-refractivity contribution < 1.29 is 17.6 Å². The molecule has 3 heterocycles. The van der Waals surface area contributed by atoms with Crippen LogP contribution in [0.2, 0.25) is 0 Å². The Labute approximate surface area is 140 Å². The number of hydrogen-bond acceptors (Lipinski definition) is 5. The second-order valence-electron chi connectivity index (χ2n) is 5.68. The minimum absolute atomic E-state index is 0.0286. The first-order valence-electron chi connectivity index (χ1n) is 7.69. The predicted molar refractivity (Wildman–Crippen MR) is 86.9 cm³/mol. The molecule has 8 heteroatoms. The van der Waals surface area contributed by atoms with E-state index < -0.39 is 10.0 Å². The Kier molecular flexibility index (Phi) is 4.42. The van der Waals surface area contributed by atoms with Crippen molar-refractivity contribution in [2.75, 3.05) is 13.6 Å². The van der Waals surface area contributed by atoms with Gasteiger partial charge in [0.25, 0.3) is 15.9 Å². The minimum atomic E-state index is -3.72. The molecular formula is C16H19N3O4S. The molecule has 1 fully saturated rings. The monoisotopic (exact) mass is 349 g/mol. The van der Waals surface area contributed by atoms with Crippen molar-refractivity contribution in [2.24, 2.45) is 0 Å². The van der Waals surface area contributed by atoms with Crippen LogP contribution in [0.4, 0.5) is 0 Å². The van der Waals surface area contributed by atoms with Crippen LogP contribution < -0.4 is 4.72 Å². The quantitative estimate of drug-likeness (QED) is 0.909. The van der Waals surface area contributed by atoms with Gasteiger partial charge in [0.1, 0.15) is 5.76 Å². The Hall–Kier alpha value is -2.19. The lowest BCUT2D eigenvalue weighted by atomic mass is 10.1. The zero-order valence-corrected chi connectivity index (χ0v) is 14.3. The summed E-state index contributed by atoms with van der Waals surface area (Å²) in [4.78, 5) is 18.7. The van der Waals surface area contributed by atoms with E-state index in [0.29, 0.717) is 12.3 Å². The van der Waals surface area contributed by atoms with E-state index in [-0.39, 0.29) is 22.6 Å². The molecule has 7 nitrogen and oxygen atoms in total. The highest BCUT2D eigenvalue weighted by Gasteiger charge is 2.33. The van der Waals surface area contributed by atoms with Gasteiger partial charge in [-0.3, -0.25) is 9.78 Å². The third kappa shape index (κ3) is 2.94. The van der Waals surface area contributed by atoms with Crippen LogP contribution in [-0.4, -0.2) is 37.8 Å². The highest BCUT2D eigenvalue weighted by molar-refractivity contribution is 7.89. The van der Waals surface area contributed by atoms with Crippen LogP contribution in [0.3, 0.4) is 0 Å². The summed E-state index contributed by atoms with van der Waals surface area (Å²) in [5.41, 5.74) is 1.31. The first-order chi connectivity index (χ1) is 11.4. The lowest BCUT2D eigenvalue weighted by molar-refractivity contribution is 0.0734. The van der Waals surface area contributed by atoms with Crippen LogP contribution >= 0.6 is 0 Å². The van der Waals surface area contributed by atoms with Gasteiger partial charge in [-0.15, -0.1) is 0 Å². The van der Waals surface area contributed by atoms with Crippen LogP contribution in [0.25, 0.3) is 0 Å². The van der Waals surface area contributed by atoms with Gasteiger partial charge in [-0.25, -0.2) is 13.1 Å². The Morgan fingerprint density at radius 2 is 2.08 bits per heavy atom. The standard InChI is InChI=1S/C16H19N3O4S/c1-11-13(10-15(23-11)24(21,22)17-2)16(20)19-9-3-4-14(19)12-5-7-18-8-6-12/h5-8,10,14,17H,3-4,9H2,1-2H3. The van der Waals surface area contributed by atoms with Crippen LogP contribution in [0.1, 0.15) is 40.6 Å². The second-order valence-corrected chi connectivity index (χ2v) is 7.50. The molecule has 128 valence electrons. The fourth-order valence-electron chi connectivity index (χ4n) is 3.00. The van der Waals surface area contributed by atoms with Gasteiger partial charge < -0.3 is 9.32 Å². The van der Waals surface area contributed by atoms with Crippen molar-refractivity contribution >= 4 is 15.9 Å². The highest BCUT2D eigenvalue weighted by Crippen LogP contribution is 2.34. The molecule has 0 aromatic carbocycles. The number of carbonyl (C=O) groups excluding carboxylic acids is 1. The molecule has 2 aromatic rings. The summed E-state index contributed by atoms with van der Waals surface area (Å²) in [5.74, 6) is 0.0855. The first-order valence-corrected chi connectivity index (χ1v) is 9.17. The molecule has 0 radical (unpaired) electrons. The van der Waals surface area contributed by atoms with Gasteiger partial charge in [-0.1, -0.05) is 0 Å². The van der Waals surface area contributed by atoms with Gasteiger partial charge in [0.2, 0.25) is 5.09 Å². The largest absolute Gasteiger partial charge is 0.448 e. The van der Waals surface area contributed by atoms with Crippen molar-refractivity contribution in [2.45, 2.75) is 30.9 Å². The van der Waals surface area contributed by atoms with Crippen molar-refractivity contribution in [3.8, 4) is 0 Å². The molecular weight excluding hydrogens is 330 g/mol. The minimum Gasteiger partial charge on any atom is -0.448 e. The fourth-order valence-corrected chi connectivity index (χ4v) is 3.71. The number of furan rings is 1. The molecule has 1 unspecified atom stereocenters. The number of rotatable bonds is 4. The highest BCUT2D eigenvalue weighted by atomic mass is 32.2. The van der Waals surface area contributed by atoms with Crippen molar-refractivity contribution in [1.82, 2.24) is 14.6 Å². The Morgan fingerprint density at radius 3 is 2.75 bits per heavy atom. The lowest BCUT2D eigenvalue weighted by Gasteiger charge is -2.24. The summed E-state index contributed by atoms with van der Waals surface area (Å²) < 4.78 is 31.2. The number of hydrogen-bond donors (Lipinski definition) is 1. The van der Waals surface area contributed by atoms with Crippen molar-refractivity contribution in [3.05, 3.63) is 47.5 Å². The second kappa shape index (κ2) is 6.37.